The highest BCUT2D eigenvalue weighted by molar-refractivity contribution is 5.76. The van der Waals surface area contributed by atoms with Crippen LogP contribution in [0.1, 0.15) is 6.92 Å². The number of pyridine rings is 2. The van der Waals surface area contributed by atoms with Crippen LogP contribution >= 0.6 is 0 Å². The van der Waals surface area contributed by atoms with Gasteiger partial charge in [0.1, 0.15) is 5.65 Å². The first-order chi connectivity index (χ1) is 9.29. The van der Waals surface area contributed by atoms with Gasteiger partial charge >= 0.3 is 0 Å². The largest absolute Gasteiger partial charge is 0.332 e. The third-order valence-corrected chi connectivity index (χ3v) is 2.99. The summed E-state index contributed by atoms with van der Waals surface area (Å²) in [5.41, 5.74) is 1.49. The van der Waals surface area contributed by atoms with E-state index in [-0.39, 0.29) is 5.43 Å². The van der Waals surface area contributed by atoms with E-state index in [0.29, 0.717) is 16.9 Å². The zero-order chi connectivity index (χ0) is 13.2. The average Bonchev–Trinajstić information content (AvgIpc) is 2.48. The SMILES string of the molecule is CCn1ccc(=O)c2cnc(-c3ccncc3)nc21. The van der Waals surface area contributed by atoms with Crippen LogP contribution in [0.3, 0.4) is 0 Å². The summed E-state index contributed by atoms with van der Waals surface area (Å²) >= 11 is 0. The Kier molecular flexibility index (Phi) is 2.79. The number of fused-ring (bicyclic) bond motifs is 1. The second-order valence-corrected chi connectivity index (χ2v) is 4.13. The molecule has 0 saturated carbocycles. The molecule has 0 aliphatic rings. The van der Waals surface area contributed by atoms with Crippen molar-refractivity contribution >= 4 is 11.0 Å². The Morgan fingerprint density at radius 2 is 2.00 bits per heavy atom. The van der Waals surface area contributed by atoms with Crippen molar-refractivity contribution in [3.63, 3.8) is 0 Å². The molecule has 19 heavy (non-hydrogen) atoms. The van der Waals surface area contributed by atoms with Gasteiger partial charge in [-0.05, 0) is 19.1 Å². The molecule has 0 atom stereocenters. The third kappa shape index (κ3) is 1.99. The Labute approximate surface area is 109 Å². The van der Waals surface area contributed by atoms with Crippen molar-refractivity contribution in [2.75, 3.05) is 0 Å². The van der Waals surface area contributed by atoms with Crippen molar-refractivity contribution in [1.82, 2.24) is 19.5 Å². The van der Waals surface area contributed by atoms with Gasteiger partial charge in [0.2, 0.25) is 0 Å². The molecular formula is C14H12N4O. The fraction of sp³-hybridized carbons (Fsp3) is 0.143. The van der Waals surface area contributed by atoms with Crippen molar-refractivity contribution in [2.24, 2.45) is 0 Å². The maximum absolute atomic E-state index is 11.8. The summed E-state index contributed by atoms with van der Waals surface area (Å²) in [7, 11) is 0. The summed E-state index contributed by atoms with van der Waals surface area (Å²) in [5, 5.41) is 0.544. The summed E-state index contributed by atoms with van der Waals surface area (Å²) in [4.78, 5) is 24.5. The molecule has 0 aliphatic heterocycles. The lowest BCUT2D eigenvalue weighted by molar-refractivity contribution is 0.776. The molecule has 0 unspecified atom stereocenters. The Morgan fingerprint density at radius 1 is 1.21 bits per heavy atom. The topological polar surface area (TPSA) is 60.7 Å². The van der Waals surface area contributed by atoms with Gasteiger partial charge in [-0.25, -0.2) is 9.97 Å². The van der Waals surface area contributed by atoms with E-state index in [4.69, 9.17) is 0 Å². The van der Waals surface area contributed by atoms with Crippen molar-refractivity contribution in [2.45, 2.75) is 13.5 Å². The monoisotopic (exact) mass is 252 g/mol. The third-order valence-electron chi connectivity index (χ3n) is 2.99. The molecular weight excluding hydrogens is 240 g/mol. The van der Waals surface area contributed by atoms with E-state index in [1.807, 2.05) is 23.6 Å². The summed E-state index contributed by atoms with van der Waals surface area (Å²) in [6.45, 7) is 2.77. The molecule has 0 fully saturated rings. The maximum Gasteiger partial charge on any atom is 0.192 e. The lowest BCUT2D eigenvalue weighted by Crippen LogP contribution is -2.09. The van der Waals surface area contributed by atoms with Crippen LogP contribution in [0.2, 0.25) is 0 Å². The Balaban J connectivity index is 2.29. The smallest absolute Gasteiger partial charge is 0.192 e. The second kappa shape index (κ2) is 4.61. The molecule has 5 nitrogen and oxygen atoms in total. The molecule has 5 heteroatoms. The van der Waals surface area contributed by atoms with E-state index in [1.54, 1.807) is 30.9 Å². The highest BCUT2D eigenvalue weighted by Crippen LogP contribution is 2.15. The van der Waals surface area contributed by atoms with Crippen molar-refractivity contribution in [3.8, 4) is 11.4 Å². The maximum atomic E-state index is 11.8. The first-order valence-electron chi connectivity index (χ1n) is 6.06. The molecule has 0 aromatic carbocycles. The minimum absolute atomic E-state index is 0.0546. The van der Waals surface area contributed by atoms with Crippen molar-refractivity contribution < 1.29 is 0 Å². The number of nitrogens with zero attached hydrogens (tertiary/aromatic N) is 4. The number of rotatable bonds is 2. The van der Waals surface area contributed by atoms with Gasteiger partial charge in [-0.3, -0.25) is 9.78 Å². The van der Waals surface area contributed by atoms with Crippen LogP contribution in [-0.2, 0) is 6.54 Å². The van der Waals surface area contributed by atoms with Gasteiger partial charge < -0.3 is 4.57 Å². The Hall–Kier alpha value is -2.56. The molecule has 0 amide bonds. The molecule has 0 N–H and O–H groups in total. The fourth-order valence-electron chi connectivity index (χ4n) is 1.98. The molecule has 3 heterocycles. The van der Waals surface area contributed by atoms with E-state index < -0.39 is 0 Å². The Morgan fingerprint density at radius 3 is 2.74 bits per heavy atom. The van der Waals surface area contributed by atoms with Crippen LogP contribution in [0.5, 0.6) is 0 Å². The van der Waals surface area contributed by atoms with E-state index in [2.05, 4.69) is 15.0 Å². The van der Waals surface area contributed by atoms with Gasteiger partial charge in [0, 0.05) is 43.0 Å². The van der Waals surface area contributed by atoms with E-state index in [9.17, 15) is 4.79 Å². The van der Waals surface area contributed by atoms with Gasteiger partial charge in [-0.2, -0.15) is 0 Å². The zero-order valence-corrected chi connectivity index (χ0v) is 10.4. The highest BCUT2D eigenvalue weighted by Gasteiger charge is 2.07. The predicted octanol–water partition coefficient (Wildman–Crippen LogP) is 1.87. The molecule has 0 aliphatic carbocycles. The number of hydrogen-bond donors (Lipinski definition) is 0. The summed E-state index contributed by atoms with van der Waals surface area (Å²) in [6, 6.07) is 5.23. The van der Waals surface area contributed by atoms with Gasteiger partial charge in [-0.15, -0.1) is 0 Å². The van der Waals surface area contributed by atoms with Crippen molar-refractivity contribution in [1.29, 1.82) is 0 Å². The molecule has 0 radical (unpaired) electrons. The van der Waals surface area contributed by atoms with Crippen LogP contribution in [0.15, 0.2) is 47.8 Å². The lowest BCUT2D eigenvalue weighted by atomic mass is 10.2. The molecule has 3 rings (SSSR count). The van der Waals surface area contributed by atoms with Gasteiger partial charge in [-0.1, -0.05) is 0 Å². The first kappa shape index (κ1) is 11.5. The standard InChI is InChI=1S/C14H12N4O/c1-2-18-8-5-12(19)11-9-16-13(17-14(11)18)10-3-6-15-7-4-10/h3-9H,2H2,1H3. The van der Waals surface area contributed by atoms with E-state index in [0.717, 1.165) is 12.1 Å². The molecule has 0 bridgehead atoms. The molecule has 0 saturated heterocycles. The normalized spacial score (nSPS) is 10.8. The second-order valence-electron chi connectivity index (χ2n) is 4.13. The summed E-state index contributed by atoms with van der Waals surface area (Å²) in [6.07, 6.45) is 6.74. The van der Waals surface area contributed by atoms with Crippen LogP contribution < -0.4 is 5.43 Å². The molecule has 3 aromatic rings. The van der Waals surface area contributed by atoms with Gasteiger partial charge in [0.15, 0.2) is 11.3 Å². The van der Waals surface area contributed by atoms with E-state index >= 15 is 0 Å². The quantitative estimate of drug-likeness (QED) is 0.698. The average molecular weight is 252 g/mol. The number of aryl methyl sites for hydroxylation is 1. The summed E-state index contributed by atoms with van der Waals surface area (Å²) in [5.74, 6) is 0.600. The molecule has 0 spiro atoms. The van der Waals surface area contributed by atoms with Crippen molar-refractivity contribution in [3.05, 3.63) is 53.2 Å². The number of aromatic nitrogens is 4. The minimum atomic E-state index is -0.0546. The fourth-order valence-corrected chi connectivity index (χ4v) is 1.98. The zero-order valence-electron chi connectivity index (χ0n) is 10.4. The van der Waals surface area contributed by atoms with E-state index in [1.165, 1.54) is 0 Å². The lowest BCUT2D eigenvalue weighted by Gasteiger charge is -2.08. The van der Waals surface area contributed by atoms with Crippen LogP contribution in [0, 0.1) is 0 Å². The minimum Gasteiger partial charge on any atom is -0.332 e. The number of hydrogen-bond acceptors (Lipinski definition) is 4. The Bertz CT molecular complexity index is 780. The molecule has 3 aromatic heterocycles. The predicted molar refractivity (Wildman–Crippen MR) is 72.7 cm³/mol. The molecule has 94 valence electrons. The first-order valence-corrected chi connectivity index (χ1v) is 6.06. The van der Waals surface area contributed by atoms with Crippen LogP contribution in [0.4, 0.5) is 0 Å². The highest BCUT2D eigenvalue weighted by atomic mass is 16.1. The van der Waals surface area contributed by atoms with Crippen LogP contribution in [0.25, 0.3) is 22.4 Å². The van der Waals surface area contributed by atoms with Crippen LogP contribution in [-0.4, -0.2) is 19.5 Å². The van der Waals surface area contributed by atoms with Gasteiger partial charge in [0.05, 0.1) is 5.39 Å². The summed E-state index contributed by atoms with van der Waals surface area (Å²) < 4.78 is 1.93. The van der Waals surface area contributed by atoms with Gasteiger partial charge in [0.25, 0.3) is 0 Å².